The van der Waals surface area contributed by atoms with Crippen LogP contribution in [0.1, 0.15) is 12.0 Å². The van der Waals surface area contributed by atoms with Crippen molar-refractivity contribution in [3.63, 3.8) is 0 Å². The third-order valence-corrected chi connectivity index (χ3v) is 2.17. The molecular formula is C10H12BrFO. The summed E-state index contributed by atoms with van der Waals surface area (Å²) in [4.78, 5) is 0. The number of hydrogen-bond donors (Lipinski definition) is 0. The van der Waals surface area contributed by atoms with Crippen LogP contribution in [-0.4, -0.2) is 11.9 Å². The van der Waals surface area contributed by atoms with Crippen molar-refractivity contribution in [1.82, 2.24) is 0 Å². The predicted molar refractivity (Wildman–Crippen MR) is 54.5 cm³/mol. The van der Waals surface area contributed by atoms with Gasteiger partial charge in [0.15, 0.2) is 0 Å². The summed E-state index contributed by atoms with van der Waals surface area (Å²) in [5.41, 5.74) is 1.01. The molecule has 0 N–H and O–H groups in total. The van der Waals surface area contributed by atoms with E-state index in [1.54, 1.807) is 12.1 Å². The maximum atomic E-state index is 12.5. The van der Waals surface area contributed by atoms with Crippen LogP contribution in [0.3, 0.4) is 0 Å². The van der Waals surface area contributed by atoms with Crippen LogP contribution in [0.25, 0.3) is 0 Å². The topological polar surface area (TPSA) is 9.23 Å². The zero-order valence-corrected chi connectivity index (χ0v) is 8.89. The first-order valence-corrected chi connectivity index (χ1v) is 5.33. The van der Waals surface area contributed by atoms with Crippen molar-refractivity contribution in [2.75, 3.05) is 11.9 Å². The van der Waals surface area contributed by atoms with Crippen LogP contribution in [-0.2, 0) is 11.3 Å². The highest BCUT2D eigenvalue weighted by Gasteiger charge is 1.93. The predicted octanol–water partition coefficient (Wildman–Crippen LogP) is 3.13. The normalized spacial score (nSPS) is 10.3. The average molecular weight is 247 g/mol. The Morgan fingerprint density at radius 1 is 1.23 bits per heavy atom. The van der Waals surface area contributed by atoms with Gasteiger partial charge in [-0.3, -0.25) is 0 Å². The second kappa shape index (κ2) is 6.11. The van der Waals surface area contributed by atoms with Gasteiger partial charge < -0.3 is 4.74 Å². The highest BCUT2D eigenvalue weighted by Crippen LogP contribution is 2.04. The molecule has 0 spiro atoms. The molecule has 0 fully saturated rings. The number of ether oxygens (including phenoxy) is 1. The highest BCUT2D eigenvalue weighted by molar-refractivity contribution is 9.09. The lowest BCUT2D eigenvalue weighted by atomic mass is 10.2. The summed E-state index contributed by atoms with van der Waals surface area (Å²) in [6.45, 7) is 1.30. The summed E-state index contributed by atoms with van der Waals surface area (Å²) in [6, 6.07) is 6.37. The van der Waals surface area contributed by atoms with Crippen LogP contribution in [0.5, 0.6) is 0 Å². The van der Waals surface area contributed by atoms with Gasteiger partial charge in [-0.1, -0.05) is 28.1 Å². The molecule has 0 heterocycles. The van der Waals surface area contributed by atoms with E-state index in [4.69, 9.17) is 4.74 Å². The first-order valence-electron chi connectivity index (χ1n) is 4.21. The lowest BCUT2D eigenvalue weighted by Crippen LogP contribution is -1.95. The van der Waals surface area contributed by atoms with E-state index < -0.39 is 0 Å². The molecule has 3 heteroatoms. The van der Waals surface area contributed by atoms with Gasteiger partial charge >= 0.3 is 0 Å². The third-order valence-electron chi connectivity index (χ3n) is 1.60. The van der Waals surface area contributed by atoms with E-state index in [0.717, 1.165) is 23.9 Å². The number of halogens is 2. The van der Waals surface area contributed by atoms with Crippen molar-refractivity contribution < 1.29 is 9.13 Å². The van der Waals surface area contributed by atoms with Gasteiger partial charge in [0.25, 0.3) is 0 Å². The van der Waals surface area contributed by atoms with E-state index in [2.05, 4.69) is 15.9 Å². The molecule has 0 aliphatic carbocycles. The van der Waals surface area contributed by atoms with Crippen molar-refractivity contribution >= 4 is 15.9 Å². The summed E-state index contributed by atoms with van der Waals surface area (Å²) in [7, 11) is 0. The van der Waals surface area contributed by atoms with Crippen LogP contribution >= 0.6 is 15.9 Å². The second-order valence-electron chi connectivity index (χ2n) is 2.72. The van der Waals surface area contributed by atoms with Gasteiger partial charge in [-0.2, -0.15) is 0 Å². The molecule has 1 rings (SSSR count). The summed E-state index contributed by atoms with van der Waals surface area (Å²) in [5, 5.41) is 0.955. The van der Waals surface area contributed by atoms with E-state index in [1.807, 2.05) is 0 Å². The zero-order chi connectivity index (χ0) is 9.52. The lowest BCUT2D eigenvalue weighted by molar-refractivity contribution is 0.122. The van der Waals surface area contributed by atoms with E-state index >= 15 is 0 Å². The van der Waals surface area contributed by atoms with Crippen molar-refractivity contribution in [2.45, 2.75) is 13.0 Å². The summed E-state index contributed by atoms with van der Waals surface area (Å²) >= 11 is 3.32. The van der Waals surface area contributed by atoms with Gasteiger partial charge in [0.05, 0.1) is 6.61 Å². The molecule has 0 atom stereocenters. The molecule has 1 nitrogen and oxygen atoms in total. The fraction of sp³-hybridized carbons (Fsp3) is 0.400. The van der Waals surface area contributed by atoms with Crippen LogP contribution < -0.4 is 0 Å². The molecule has 0 amide bonds. The first-order chi connectivity index (χ1) is 6.33. The Morgan fingerprint density at radius 3 is 2.54 bits per heavy atom. The second-order valence-corrected chi connectivity index (χ2v) is 3.51. The standard InChI is InChI=1S/C10H12BrFO/c11-6-1-7-13-8-9-2-4-10(12)5-3-9/h2-5H,1,6-8H2. The molecule has 72 valence electrons. The summed E-state index contributed by atoms with van der Waals surface area (Å²) in [5.74, 6) is -0.204. The Hall–Kier alpha value is -0.410. The largest absolute Gasteiger partial charge is 0.377 e. The summed E-state index contributed by atoms with van der Waals surface area (Å²) < 4.78 is 17.8. The minimum absolute atomic E-state index is 0.204. The molecule has 0 radical (unpaired) electrons. The Balaban J connectivity index is 2.25. The van der Waals surface area contributed by atoms with Crippen LogP contribution in [0, 0.1) is 5.82 Å². The van der Waals surface area contributed by atoms with Crippen LogP contribution in [0.2, 0.25) is 0 Å². The number of benzene rings is 1. The molecule has 0 aliphatic heterocycles. The Labute approximate surface area is 86.0 Å². The summed E-state index contributed by atoms with van der Waals surface area (Å²) in [6.07, 6.45) is 1.00. The minimum atomic E-state index is -0.204. The first kappa shape index (κ1) is 10.7. The molecule has 0 bridgehead atoms. The van der Waals surface area contributed by atoms with Gasteiger partial charge in [0.2, 0.25) is 0 Å². The smallest absolute Gasteiger partial charge is 0.123 e. The lowest BCUT2D eigenvalue weighted by Gasteiger charge is -2.02. The van der Waals surface area contributed by atoms with Gasteiger partial charge in [-0.05, 0) is 24.1 Å². The molecule has 0 aliphatic rings. The number of hydrogen-bond acceptors (Lipinski definition) is 1. The van der Waals surface area contributed by atoms with Crippen LogP contribution in [0.4, 0.5) is 4.39 Å². The Bertz CT molecular complexity index is 235. The molecule has 1 aromatic carbocycles. The Kier molecular flexibility index (Phi) is 5.01. The molecule has 0 saturated carbocycles. The SMILES string of the molecule is Fc1ccc(COCCCBr)cc1. The van der Waals surface area contributed by atoms with Crippen molar-refractivity contribution in [3.05, 3.63) is 35.6 Å². The van der Waals surface area contributed by atoms with Gasteiger partial charge in [0.1, 0.15) is 5.82 Å². The Morgan fingerprint density at radius 2 is 1.92 bits per heavy atom. The molecule has 1 aromatic rings. The quantitative estimate of drug-likeness (QED) is 0.573. The fourth-order valence-electron chi connectivity index (χ4n) is 0.927. The molecule has 0 unspecified atom stereocenters. The fourth-order valence-corrected chi connectivity index (χ4v) is 1.16. The number of alkyl halides is 1. The van der Waals surface area contributed by atoms with Crippen molar-refractivity contribution in [1.29, 1.82) is 0 Å². The van der Waals surface area contributed by atoms with E-state index in [9.17, 15) is 4.39 Å². The molecule has 0 saturated heterocycles. The number of rotatable bonds is 5. The monoisotopic (exact) mass is 246 g/mol. The van der Waals surface area contributed by atoms with Gasteiger partial charge in [-0.15, -0.1) is 0 Å². The van der Waals surface area contributed by atoms with Crippen LogP contribution in [0.15, 0.2) is 24.3 Å². The molecular weight excluding hydrogens is 235 g/mol. The minimum Gasteiger partial charge on any atom is -0.377 e. The maximum Gasteiger partial charge on any atom is 0.123 e. The van der Waals surface area contributed by atoms with E-state index in [0.29, 0.717) is 6.61 Å². The zero-order valence-electron chi connectivity index (χ0n) is 7.30. The molecule has 0 aromatic heterocycles. The molecule has 13 heavy (non-hydrogen) atoms. The third kappa shape index (κ3) is 4.39. The highest BCUT2D eigenvalue weighted by atomic mass is 79.9. The maximum absolute atomic E-state index is 12.5. The van der Waals surface area contributed by atoms with Gasteiger partial charge in [0, 0.05) is 11.9 Å². The average Bonchev–Trinajstić information content (AvgIpc) is 2.15. The van der Waals surface area contributed by atoms with Crippen molar-refractivity contribution in [3.8, 4) is 0 Å². The van der Waals surface area contributed by atoms with E-state index in [-0.39, 0.29) is 5.82 Å². The van der Waals surface area contributed by atoms with Gasteiger partial charge in [-0.25, -0.2) is 4.39 Å². The van der Waals surface area contributed by atoms with E-state index in [1.165, 1.54) is 12.1 Å². The van der Waals surface area contributed by atoms with Crippen molar-refractivity contribution in [2.24, 2.45) is 0 Å².